The van der Waals surface area contributed by atoms with E-state index in [1.54, 1.807) is 13.1 Å². The van der Waals surface area contributed by atoms with Crippen LogP contribution in [0.3, 0.4) is 0 Å². The maximum Gasteiger partial charge on any atom is 0.321 e. The third-order valence-electron chi connectivity index (χ3n) is 2.67. The Morgan fingerprint density at radius 2 is 2.11 bits per heavy atom. The van der Waals surface area contributed by atoms with E-state index in [2.05, 4.69) is 20.4 Å². The van der Waals surface area contributed by atoms with Gasteiger partial charge in [-0.1, -0.05) is 29.4 Å². The molecule has 0 amide bonds. The fraction of sp³-hybridized carbons (Fsp3) is 0.154. The van der Waals surface area contributed by atoms with Gasteiger partial charge in [-0.15, -0.1) is 0 Å². The molecule has 0 atom stereocenters. The van der Waals surface area contributed by atoms with Crippen LogP contribution in [0.2, 0.25) is 0 Å². The lowest BCUT2D eigenvalue weighted by molar-refractivity contribution is 0.425. The molecule has 1 N–H and O–H groups in total. The van der Waals surface area contributed by atoms with Crippen LogP contribution in [0, 0.1) is 6.92 Å². The SMILES string of the molecule is Cc1noc(NCc2cccc3cccnc23)n1. The second kappa shape index (κ2) is 4.44. The Bertz CT molecular complexity index is 672. The van der Waals surface area contributed by atoms with Gasteiger partial charge >= 0.3 is 6.01 Å². The van der Waals surface area contributed by atoms with Gasteiger partial charge in [0, 0.05) is 18.1 Å². The van der Waals surface area contributed by atoms with E-state index >= 15 is 0 Å². The topological polar surface area (TPSA) is 63.8 Å². The summed E-state index contributed by atoms with van der Waals surface area (Å²) in [5.41, 5.74) is 2.09. The van der Waals surface area contributed by atoms with E-state index in [4.69, 9.17) is 4.52 Å². The molecule has 0 aliphatic rings. The van der Waals surface area contributed by atoms with Crippen LogP contribution in [0.5, 0.6) is 0 Å². The Labute approximate surface area is 104 Å². The van der Waals surface area contributed by atoms with Gasteiger partial charge in [-0.2, -0.15) is 4.98 Å². The zero-order valence-electron chi connectivity index (χ0n) is 9.92. The van der Waals surface area contributed by atoms with Crippen LogP contribution in [0.1, 0.15) is 11.4 Å². The number of aromatic nitrogens is 3. The predicted molar refractivity (Wildman–Crippen MR) is 68.1 cm³/mol. The first-order valence-electron chi connectivity index (χ1n) is 5.70. The van der Waals surface area contributed by atoms with Crippen LogP contribution in [0.25, 0.3) is 10.9 Å². The number of hydrogen-bond acceptors (Lipinski definition) is 5. The van der Waals surface area contributed by atoms with E-state index in [9.17, 15) is 0 Å². The smallest absolute Gasteiger partial charge is 0.321 e. The molecule has 0 fully saturated rings. The van der Waals surface area contributed by atoms with Crippen LogP contribution in [0.15, 0.2) is 41.1 Å². The fourth-order valence-corrected chi connectivity index (χ4v) is 1.85. The van der Waals surface area contributed by atoms with E-state index in [-0.39, 0.29) is 0 Å². The second-order valence-corrected chi connectivity index (χ2v) is 3.99. The van der Waals surface area contributed by atoms with E-state index in [1.807, 2.05) is 30.3 Å². The zero-order valence-corrected chi connectivity index (χ0v) is 9.92. The summed E-state index contributed by atoms with van der Waals surface area (Å²) in [7, 11) is 0. The molecule has 5 heteroatoms. The number of benzene rings is 1. The quantitative estimate of drug-likeness (QED) is 0.762. The Hall–Kier alpha value is -2.43. The summed E-state index contributed by atoms with van der Waals surface area (Å²) < 4.78 is 5.01. The maximum atomic E-state index is 5.01. The molecule has 3 aromatic rings. The highest BCUT2D eigenvalue weighted by molar-refractivity contribution is 5.81. The molecular weight excluding hydrogens is 228 g/mol. The van der Waals surface area contributed by atoms with Gasteiger partial charge in [0.1, 0.15) is 0 Å². The second-order valence-electron chi connectivity index (χ2n) is 3.99. The summed E-state index contributed by atoms with van der Waals surface area (Å²) in [6.45, 7) is 2.39. The summed E-state index contributed by atoms with van der Waals surface area (Å²) >= 11 is 0. The highest BCUT2D eigenvalue weighted by Gasteiger charge is 2.04. The fourth-order valence-electron chi connectivity index (χ4n) is 1.85. The molecule has 2 heterocycles. The number of hydrogen-bond donors (Lipinski definition) is 1. The number of rotatable bonds is 3. The Kier molecular flexibility index (Phi) is 2.64. The lowest BCUT2D eigenvalue weighted by atomic mass is 10.1. The molecule has 0 radical (unpaired) electrons. The van der Waals surface area contributed by atoms with Crippen LogP contribution in [-0.4, -0.2) is 15.1 Å². The van der Waals surface area contributed by atoms with Crippen LogP contribution >= 0.6 is 0 Å². The van der Waals surface area contributed by atoms with Gasteiger partial charge in [0.25, 0.3) is 0 Å². The number of aryl methyl sites for hydroxylation is 1. The number of anilines is 1. The maximum absolute atomic E-state index is 5.01. The molecule has 1 aromatic carbocycles. The zero-order chi connectivity index (χ0) is 12.4. The van der Waals surface area contributed by atoms with Gasteiger partial charge in [-0.25, -0.2) is 0 Å². The van der Waals surface area contributed by atoms with Crippen LogP contribution in [0.4, 0.5) is 6.01 Å². The highest BCUT2D eigenvalue weighted by atomic mass is 16.5. The average molecular weight is 240 g/mol. The van der Waals surface area contributed by atoms with Crippen molar-refractivity contribution in [3.8, 4) is 0 Å². The van der Waals surface area contributed by atoms with Crippen molar-refractivity contribution in [3.05, 3.63) is 47.9 Å². The van der Waals surface area contributed by atoms with Gasteiger partial charge in [0.05, 0.1) is 5.52 Å². The van der Waals surface area contributed by atoms with Gasteiger partial charge in [-0.3, -0.25) is 4.98 Å². The standard InChI is InChI=1S/C13H12N4O/c1-9-16-13(18-17-9)15-8-11-5-2-4-10-6-3-7-14-12(10)11/h2-7H,8H2,1H3,(H,15,16,17). The summed E-state index contributed by atoms with van der Waals surface area (Å²) in [6, 6.07) is 10.5. The van der Waals surface area contributed by atoms with Gasteiger partial charge in [-0.05, 0) is 18.6 Å². The minimum atomic E-state index is 0.431. The van der Waals surface area contributed by atoms with Crippen molar-refractivity contribution in [1.29, 1.82) is 0 Å². The summed E-state index contributed by atoms with van der Waals surface area (Å²) in [6.07, 6.45) is 1.79. The normalized spacial score (nSPS) is 10.7. The van der Waals surface area contributed by atoms with E-state index in [1.165, 1.54) is 0 Å². The molecule has 0 aliphatic carbocycles. The predicted octanol–water partition coefficient (Wildman–Crippen LogP) is 2.54. The van der Waals surface area contributed by atoms with Crippen LogP contribution < -0.4 is 5.32 Å². The molecule has 3 rings (SSSR count). The van der Waals surface area contributed by atoms with Crippen molar-refractivity contribution in [2.24, 2.45) is 0 Å². The molecule has 0 saturated heterocycles. The summed E-state index contributed by atoms with van der Waals surface area (Å²) in [5, 5.41) is 7.94. The molecule has 0 aliphatic heterocycles. The molecule has 0 bridgehead atoms. The minimum absolute atomic E-state index is 0.431. The molecule has 0 saturated carbocycles. The monoisotopic (exact) mass is 240 g/mol. The third-order valence-corrected chi connectivity index (χ3v) is 2.67. The van der Waals surface area contributed by atoms with Crippen LogP contribution in [-0.2, 0) is 6.54 Å². The molecular formula is C13H12N4O. The van der Waals surface area contributed by atoms with Gasteiger partial charge in [0.2, 0.25) is 0 Å². The number of nitrogens with one attached hydrogen (secondary N) is 1. The lowest BCUT2D eigenvalue weighted by Crippen LogP contribution is -2.01. The number of nitrogens with zero attached hydrogens (tertiary/aromatic N) is 3. The summed E-state index contributed by atoms with van der Waals surface area (Å²) in [4.78, 5) is 8.49. The minimum Gasteiger partial charge on any atom is -0.334 e. The molecule has 5 nitrogen and oxygen atoms in total. The van der Waals surface area contributed by atoms with Gasteiger partial charge in [0.15, 0.2) is 5.82 Å². The summed E-state index contributed by atoms with van der Waals surface area (Å²) in [5.74, 6) is 0.619. The van der Waals surface area contributed by atoms with Crippen molar-refractivity contribution >= 4 is 16.9 Å². The first-order chi connectivity index (χ1) is 8.83. The highest BCUT2D eigenvalue weighted by Crippen LogP contribution is 2.16. The molecule has 2 aromatic heterocycles. The van der Waals surface area contributed by atoms with E-state index < -0.39 is 0 Å². The Balaban J connectivity index is 1.86. The lowest BCUT2D eigenvalue weighted by Gasteiger charge is -2.05. The molecule has 90 valence electrons. The first-order valence-corrected chi connectivity index (χ1v) is 5.70. The van der Waals surface area contributed by atoms with E-state index in [0.29, 0.717) is 18.4 Å². The van der Waals surface area contributed by atoms with E-state index in [0.717, 1.165) is 16.5 Å². The Morgan fingerprint density at radius 3 is 2.94 bits per heavy atom. The number of fused-ring (bicyclic) bond motifs is 1. The third kappa shape index (κ3) is 2.02. The molecule has 18 heavy (non-hydrogen) atoms. The largest absolute Gasteiger partial charge is 0.334 e. The average Bonchev–Trinajstić information content (AvgIpc) is 2.82. The van der Waals surface area contributed by atoms with Crippen molar-refractivity contribution < 1.29 is 4.52 Å². The number of pyridine rings is 1. The Morgan fingerprint density at radius 1 is 1.22 bits per heavy atom. The van der Waals surface area contributed by atoms with Crippen molar-refractivity contribution in [2.45, 2.75) is 13.5 Å². The van der Waals surface area contributed by atoms with Crippen molar-refractivity contribution in [2.75, 3.05) is 5.32 Å². The van der Waals surface area contributed by atoms with Crippen molar-refractivity contribution in [1.82, 2.24) is 15.1 Å². The van der Waals surface area contributed by atoms with Crippen molar-refractivity contribution in [3.63, 3.8) is 0 Å². The molecule has 0 unspecified atom stereocenters. The number of para-hydroxylation sites is 1. The molecule has 0 spiro atoms. The van der Waals surface area contributed by atoms with Gasteiger partial charge < -0.3 is 9.84 Å². The first kappa shape index (κ1) is 10.7.